The molecule has 2 aliphatic rings. The van der Waals surface area contributed by atoms with Crippen LogP contribution in [0.1, 0.15) is 63.9 Å². The maximum Gasteiger partial charge on any atom is 0.294 e. The Morgan fingerprint density at radius 3 is 1.96 bits per heavy atom. The Balaban J connectivity index is 0.000000186. The van der Waals surface area contributed by atoms with Crippen LogP contribution in [-0.4, -0.2) is 43.1 Å². The summed E-state index contributed by atoms with van der Waals surface area (Å²) in [6.45, 7) is 8.63. The molecule has 1 saturated heterocycles. The summed E-state index contributed by atoms with van der Waals surface area (Å²) in [6.07, 6.45) is 12.0. The Morgan fingerprint density at radius 2 is 1.48 bits per heavy atom. The quantitative estimate of drug-likeness (QED) is 0.627. The van der Waals surface area contributed by atoms with Gasteiger partial charge in [0.25, 0.3) is 10.1 Å². The van der Waals surface area contributed by atoms with E-state index >= 15 is 0 Å². The third kappa shape index (κ3) is 5.80. The molecule has 1 aliphatic heterocycles. The zero-order valence-corrected chi connectivity index (χ0v) is 16.6. The minimum absolute atomic E-state index is 0.0666. The molecule has 1 aliphatic carbocycles. The van der Waals surface area contributed by atoms with Crippen molar-refractivity contribution in [3.8, 4) is 0 Å². The van der Waals surface area contributed by atoms with Crippen LogP contribution in [-0.2, 0) is 10.1 Å². The van der Waals surface area contributed by atoms with Crippen molar-refractivity contribution >= 4 is 10.1 Å². The first-order valence-corrected chi connectivity index (χ1v) is 11.2. The van der Waals surface area contributed by atoms with Crippen LogP contribution >= 0.6 is 0 Å². The highest BCUT2D eigenvalue weighted by Gasteiger charge is 2.36. The summed E-state index contributed by atoms with van der Waals surface area (Å²) in [5.74, 6) is 0. The number of piperidine rings is 1. The molecule has 1 saturated carbocycles. The molecule has 0 spiro atoms. The van der Waals surface area contributed by atoms with Gasteiger partial charge in [0.2, 0.25) is 0 Å². The Hall–Kier alpha value is -0.910. The van der Waals surface area contributed by atoms with Crippen LogP contribution < -0.4 is 0 Å². The minimum Gasteiger partial charge on any atom is -0.321 e. The molecule has 0 amide bonds. The van der Waals surface area contributed by atoms with E-state index in [0.29, 0.717) is 0 Å². The first-order valence-electron chi connectivity index (χ1n) is 9.77. The molecule has 1 aromatic rings. The van der Waals surface area contributed by atoms with Gasteiger partial charge in [-0.3, -0.25) is 4.55 Å². The minimum atomic E-state index is -4.02. The molecule has 0 bridgehead atoms. The topological polar surface area (TPSA) is 54.4 Å². The number of nitrogens with zero attached hydrogens (tertiary/aromatic N) is 1. The number of hydrogen-bond acceptors (Lipinski definition) is 2. The first-order chi connectivity index (χ1) is 11.9. The average molecular weight is 369 g/mol. The van der Waals surface area contributed by atoms with Gasteiger partial charge in [0.15, 0.2) is 0 Å². The molecule has 0 unspecified atom stereocenters. The number of quaternary nitrogens is 1. The highest BCUT2D eigenvalue weighted by Crippen LogP contribution is 2.31. The third-order valence-corrected chi connectivity index (χ3v) is 6.87. The predicted molar refractivity (Wildman–Crippen MR) is 102 cm³/mol. The molecular weight excluding hydrogens is 334 g/mol. The molecule has 4 nitrogen and oxygen atoms in total. The van der Waals surface area contributed by atoms with Crippen LogP contribution in [0, 0.1) is 6.92 Å². The van der Waals surface area contributed by atoms with E-state index in [1.807, 2.05) is 6.92 Å². The van der Waals surface area contributed by atoms with Crippen molar-refractivity contribution in [2.24, 2.45) is 0 Å². The maximum atomic E-state index is 10.5. The summed E-state index contributed by atoms with van der Waals surface area (Å²) in [7, 11) is -4.02. The van der Waals surface area contributed by atoms with Crippen LogP contribution in [0.4, 0.5) is 0 Å². The van der Waals surface area contributed by atoms with E-state index in [1.54, 1.807) is 12.1 Å². The fourth-order valence-electron chi connectivity index (χ4n) is 4.42. The van der Waals surface area contributed by atoms with Gasteiger partial charge >= 0.3 is 0 Å². The van der Waals surface area contributed by atoms with Crippen molar-refractivity contribution in [1.29, 1.82) is 0 Å². The van der Waals surface area contributed by atoms with Gasteiger partial charge in [-0.2, -0.15) is 8.42 Å². The smallest absolute Gasteiger partial charge is 0.294 e. The van der Waals surface area contributed by atoms with E-state index in [9.17, 15) is 8.42 Å². The molecule has 142 valence electrons. The van der Waals surface area contributed by atoms with E-state index in [1.165, 1.54) is 87.6 Å². The van der Waals surface area contributed by atoms with Crippen LogP contribution in [0.2, 0.25) is 0 Å². The average Bonchev–Trinajstić information content (AvgIpc) is 2.63. The van der Waals surface area contributed by atoms with Crippen LogP contribution in [0.15, 0.2) is 29.2 Å². The standard InChI is InChI=1S/C13H26N.C7H8O3S/c1-2-14(11-7-4-8-12-14)13-9-5-3-6-10-13;1-6-2-4-7(5-3-6)11(8,9)10/h13H,2-12H2,1H3;2-5H,1H3,(H,8,9,10)/q+1;. The van der Waals surface area contributed by atoms with E-state index in [-0.39, 0.29) is 4.90 Å². The summed E-state index contributed by atoms with van der Waals surface area (Å²) in [4.78, 5) is -0.0666. The van der Waals surface area contributed by atoms with Crippen molar-refractivity contribution < 1.29 is 17.5 Å². The van der Waals surface area contributed by atoms with Crippen molar-refractivity contribution in [2.45, 2.75) is 76.2 Å². The van der Waals surface area contributed by atoms with Gasteiger partial charge in [-0.1, -0.05) is 24.1 Å². The van der Waals surface area contributed by atoms with Gasteiger partial charge in [-0.25, -0.2) is 0 Å². The lowest BCUT2D eigenvalue weighted by Gasteiger charge is -2.48. The van der Waals surface area contributed by atoms with E-state index < -0.39 is 10.1 Å². The summed E-state index contributed by atoms with van der Waals surface area (Å²) in [6, 6.07) is 7.02. The predicted octanol–water partition coefficient (Wildman–Crippen LogP) is 4.58. The van der Waals surface area contributed by atoms with Gasteiger partial charge < -0.3 is 4.48 Å². The second-order valence-corrected chi connectivity index (χ2v) is 9.04. The molecular formula is C20H34NO3S+. The zero-order valence-electron chi connectivity index (χ0n) is 15.8. The monoisotopic (exact) mass is 368 g/mol. The van der Waals surface area contributed by atoms with Gasteiger partial charge in [-0.15, -0.1) is 0 Å². The number of benzene rings is 1. The van der Waals surface area contributed by atoms with E-state index in [4.69, 9.17) is 4.55 Å². The van der Waals surface area contributed by atoms with Gasteiger partial charge in [0, 0.05) is 0 Å². The molecule has 3 rings (SSSR count). The van der Waals surface area contributed by atoms with Crippen molar-refractivity contribution in [3.63, 3.8) is 0 Å². The summed E-state index contributed by atoms with van der Waals surface area (Å²) in [5.41, 5.74) is 0.956. The third-order valence-electron chi connectivity index (χ3n) is 6.00. The van der Waals surface area contributed by atoms with Gasteiger partial charge in [-0.05, 0) is 70.9 Å². The zero-order chi connectivity index (χ0) is 18.3. The van der Waals surface area contributed by atoms with Crippen LogP contribution in [0.5, 0.6) is 0 Å². The summed E-state index contributed by atoms with van der Waals surface area (Å²) in [5, 5.41) is 0. The number of likely N-dealkylation sites (tertiary alicyclic amines) is 1. The van der Waals surface area contributed by atoms with Crippen molar-refractivity contribution in [2.75, 3.05) is 19.6 Å². The fourth-order valence-corrected chi connectivity index (χ4v) is 4.90. The maximum absolute atomic E-state index is 10.5. The Kier molecular flexibility index (Phi) is 7.47. The molecule has 1 heterocycles. The van der Waals surface area contributed by atoms with Gasteiger partial charge in [0.1, 0.15) is 0 Å². The second kappa shape index (κ2) is 9.15. The SMILES string of the molecule is CC[N+]1(C2CCCCC2)CCCCC1.Cc1ccc(S(=O)(=O)O)cc1. The summed E-state index contributed by atoms with van der Waals surface area (Å²) >= 11 is 0. The number of rotatable bonds is 3. The Labute approximate surface area is 153 Å². The molecule has 0 radical (unpaired) electrons. The van der Waals surface area contributed by atoms with Gasteiger partial charge in [0.05, 0.1) is 30.6 Å². The molecule has 0 atom stereocenters. The fraction of sp³-hybridized carbons (Fsp3) is 0.700. The normalized spacial score (nSPS) is 21.2. The number of hydrogen-bond donors (Lipinski definition) is 1. The lowest BCUT2D eigenvalue weighted by Crippen LogP contribution is -2.58. The highest BCUT2D eigenvalue weighted by molar-refractivity contribution is 7.85. The first kappa shape index (κ1) is 20.4. The lowest BCUT2D eigenvalue weighted by atomic mass is 9.90. The number of aryl methyl sites for hydroxylation is 1. The molecule has 25 heavy (non-hydrogen) atoms. The van der Waals surface area contributed by atoms with Crippen molar-refractivity contribution in [3.05, 3.63) is 29.8 Å². The molecule has 0 aromatic heterocycles. The largest absolute Gasteiger partial charge is 0.321 e. The second-order valence-electron chi connectivity index (χ2n) is 7.62. The van der Waals surface area contributed by atoms with Crippen LogP contribution in [0.3, 0.4) is 0 Å². The van der Waals surface area contributed by atoms with E-state index in [0.717, 1.165) is 11.6 Å². The molecule has 5 heteroatoms. The highest BCUT2D eigenvalue weighted by atomic mass is 32.2. The van der Waals surface area contributed by atoms with Crippen molar-refractivity contribution in [1.82, 2.24) is 0 Å². The Morgan fingerprint density at radius 1 is 0.960 bits per heavy atom. The molecule has 2 fully saturated rings. The lowest BCUT2D eigenvalue weighted by molar-refractivity contribution is -0.955. The summed E-state index contributed by atoms with van der Waals surface area (Å²) < 4.78 is 31.0. The van der Waals surface area contributed by atoms with E-state index in [2.05, 4.69) is 6.92 Å². The van der Waals surface area contributed by atoms with Crippen LogP contribution in [0.25, 0.3) is 0 Å². The molecule has 1 N–H and O–H groups in total. The molecule has 1 aromatic carbocycles. The Bertz CT molecular complexity index is 613.